The third kappa shape index (κ3) is 4.75. The van der Waals surface area contributed by atoms with Gasteiger partial charge in [-0.2, -0.15) is 0 Å². The molecule has 0 N–H and O–H groups in total. The van der Waals surface area contributed by atoms with Crippen LogP contribution in [0.15, 0.2) is 34.7 Å². The lowest BCUT2D eigenvalue weighted by molar-refractivity contribution is -0.159. The highest BCUT2D eigenvalue weighted by Gasteiger charge is 2.58. The Kier molecular flexibility index (Phi) is 7.33. The number of esters is 2. The van der Waals surface area contributed by atoms with Gasteiger partial charge in [-0.15, -0.1) is 0 Å². The summed E-state index contributed by atoms with van der Waals surface area (Å²) in [5, 5.41) is 0. The van der Waals surface area contributed by atoms with E-state index in [4.69, 9.17) is 13.9 Å². The molecule has 2 aliphatic carbocycles. The maximum Gasteiger partial charge on any atom is 0.334 e. The highest BCUT2D eigenvalue weighted by molar-refractivity contribution is 5.90. The molecule has 31 heavy (non-hydrogen) atoms. The van der Waals surface area contributed by atoms with Crippen LogP contribution < -0.4 is 0 Å². The zero-order chi connectivity index (χ0) is 22.6. The van der Waals surface area contributed by atoms with Crippen molar-refractivity contribution in [3.63, 3.8) is 0 Å². The molecule has 1 aromatic heterocycles. The lowest BCUT2D eigenvalue weighted by Crippen LogP contribution is -2.54. The van der Waals surface area contributed by atoms with Gasteiger partial charge in [0.1, 0.15) is 6.61 Å². The number of ether oxygens (including phenoxy) is 2. The van der Waals surface area contributed by atoms with Crippen LogP contribution >= 0.6 is 0 Å². The van der Waals surface area contributed by atoms with E-state index in [1.165, 1.54) is 12.7 Å². The van der Waals surface area contributed by atoms with Gasteiger partial charge in [0.15, 0.2) is 0 Å². The van der Waals surface area contributed by atoms with Crippen molar-refractivity contribution in [2.75, 3.05) is 13.7 Å². The number of aryl methyl sites for hydroxylation is 1. The van der Waals surface area contributed by atoms with Crippen LogP contribution in [0.1, 0.15) is 71.8 Å². The van der Waals surface area contributed by atoms with Crippen molar-refractivity contribution in [1.82, 2.24) is 0 Å². The first-order valence-corrected chi connectivity index (χ1v) is 11.7. The number of carbonyl (C=O) groups excluding carboxylic acids is 2. The Morgan fingerprint density at radius 2 is 2.06 bits per heavy atom. The fraction of sp³-hybridized carbons (Fsp3) is 0.692. The van der Waals surface area contributed by atoms with Crippen molar-refractivity contribution in [3.8, 4) is 0 Å². The summed E-state index contributed by atoms with van der Waals surface area (Å²) in [6, 6.07) is 2.03. The number of carbonyl (C=O) groups is 2. The molecule has 2 aliphatic rings. The Labute approximate surface area is 186 Å². The molecule has 4 atom stereocenters. The average molecular weight is 431 g/mol. The molecule has 5 nitrogen and oxygen atoms in total. The molecule has 1 saturated carbocycles. The molecule has 3 rings (SSSR count). The Morgan fingerprint density at radius 1 is 1.29 bits per heavy atom. The van der Waals surface area contributed by atoms with Gasteiger partial charge in [0.25, 0.3) is 0 Å². The van der Waals surface area contributed by atoms with Gasteiger partial charge in [-0.05, 0) is 73.3 Å². The molecule has 1 fully saturated rings. The number of rotatable bonds is 8. The third-order valence-electron chi connectivity index (χ3n) is 7.96. The van der Waals surface area contributed by atoms with Gasteiger partial charge < -0.3 is 13.9 Å². The van der Waals surface area contributed by atoms with Crippen molar-refractivity contribution in [3.05, 3.63) is 35.8 Å². The first-order chi connectivity index (χ1) is 14.7. The van der Waals surface area contributed by atoms with Crippen LogP contribution in [0, 0.1) is 28.6 Å². The second kappa shape index (κ2) is 9.62. The quantitative estimate of drug-likeness (QED) is 0.493. The van der Waals surface area contributed by atoms with Crippen molar-refractivity contribution in [2.24, 2.45) is 28.6 Å². The van der Waals surface area contributed by atoms with Crippen LogP contribution in [0.3, 0.4) is 0 Å². The van der Waals surface area contributed by atoms with E-state index in [0.717, 1.165) is 38.5 Å². The van der Waals surface area contributed by atoms with E-state index in [2.05, 4.69) is 13.8 Å². The summed E-state index contributed by atoms with van der Waals surface area (Å²) in [6.45, 7) is 8.99. The van der Waals surface area contributed by atoms with Crippen molar-refractivity contribution in [2.45, 2.75) is 72.6 Å². The predicted octanol–water partition coefficient (Wildman–Crippen LogP) is 5.73. The molecule has 0 spiro atoms. The molecule has 5 heteroatoms. The molecule has 0 unspecified atom stereocenters. The molecule has 0 aliphatic heterocycles. The van der Waals surface area contributed by atoms with Crippen molar-refractivity contribution >= 4 is 11.9 Å². The van der Waals surface area contributed by atoms with Gasteiger partial charge in [-0.1, -0.05) is 33.8 Å². The second-order valence-corrected chi connectivity index (χ2v) is 10.2. The van der Waals surface area contributed by atoms with E-state index < -0.39 is 5.41 Å². The summed E-state index contributed by atoms with van der Waals surface area (Å²) < 4.78 is 16.3. The van der Waals surface area contributed by atoms with E-state index in [9.17, 15) is 9.59 Å². The smallest absolute Gasteiger partial charge is 0.334 e. The van der Waals surface area contributed by atoms with Crippen molar-refractivity contribution in [1.29, 1.82) is 0 Å². The number of hydrogen-bond acceptors (Lipinski definition) is 5. The monoisotopic (exact) mass is 430 g/mol. The fourth-order valence-corrected chi connectivity index (χ4v) is 6.00. The van der Waals surface area contributed by atoms with Gasteiger partial charge in [-0.25, -0.2) is 4.79 Å². The average Bonchev–Trinajstić information content (AvgIpc) is 3.26. The summed E-state index contributed by atoms with van der Waals surface area (Å²) in [5.41, 5.74) is 1.46. The molecule has 0 saturated heterocycles. The molecule has 0 bridgehead atoms. The zero-order valence-corrected chi connectivity index (χ0v) is 19.7. The summed E-state index contributed by atoms with van der Waals surface area (Å²) in [7, 11) is 1.44. The number of fused-ring (bicyclic) bond motifs is 1. The zero-order valence-electron chi connectivity index (χ0n) is 19.7. The molecule has 0 amide bonds. The first kappa shape index (κ1) is 23.6. The Bertz CT molecular complexity index is 793. The lowest BCUT2D eigenvalue weighted by atomic mass is 9.46. The number of methoxy groups -OCH3 is 1. The normalized spacial score (nSPS) is 30.5. The Balaban J connectivity index is 1.93. The highest BCUT2D eigenvalue weighted by Crippen LogP contribution is 2.62. The second-order valence-electron chi connectivity index (χ2n) is 10.2. The molecule has 0 aromatic carbocycles. The molecule has 172 valence electrons. The van der Waals surface area contributed by atoms with Crippen molar-refractivity contribution < 1.29 is 23.5 Å². The van der Waals surface area contributed by atoms with Gasteiger partial charge >= 0.3 is 11.9 Å². The van der Waals surface area contributed by atoms with Gasteiger partial charge in [0.2, 0.25) is 0 Å². The van der Waals surface area contributed by atoms with Gasteiger partial charge in [0, 0.05) is 17.4 Å². The largest absolute Gasteiger partial charge is 0.472 e. The Morgan fingerprint density at radius 3 is 2.71 bits per heavy atom. The fourth-order valence-electron chi connectivity index (χ4n) is 6.00. The van der Waals surface area contributed by atoms with E-state index >= 15 is 0 Å². The summed E-state index contributed by atoms with van der Waals surface area (Å²) in [6.07, 6.45) is 11.6. The maximum absolute atomic E-state index is 12.8. The molecule has 0 radical (unpaired) electrons. The SMILES string of the molecule is COC(=O)C1=CCC[C@H]2[C@@]1(COC(=O)CC(C)C)CC[C@@H](C)[C@]2(C)CCc1ccoc1. The summed E-state index contributed by atoms with van der Waals surface area (Å²) >= 11 is 0. The predicted molar refractivity (Wildman–Crippen MR) is 119 cm³/mol. The molecule has 1 heterocycles. The summed E-state index contributed by atoms with van der Waals surface area (Å²) in [5.74, 6) is 0.546. The standard InChI is InChI=1S/C26H38O5/c1-18(2)15-23(27)31-17-26-13-9-19(3)25(4,12-10-20-11-14-30-16-20)22(26)8-6-7-21(26)24(28)29-5/h7,11,14,16,18-19,22H,6,8-10,12-13,15,17H2,1-5H3/t19-,22-,25+,26-/m1/s1. The minimum Gasteiger partial charge on any atom is -0.472 e. The molecular formula is C26H38O5. The summed E-state index contributed by atoms with van der Waals surface area (Å²) in [4.78, 5) is 25.3. The minimum absolute atomic E-state index is 0.0213. The van der Waals surface area contributed by atoms with Crippen LogP contribution in [0.2, 0.25) is 0 Å². The highest BCUT2D eigenvalue weighted by atomic mass is 16.5. The number of allylic oxidation sites excluding steroid dienone is 1. The van der Waals surface area contributed by atoms with Gasteiger partial charge in [-0.3, -0.25) is 4.79 Å². The maximum atomic E-state index is 12.8. The first-order valence-electron chi connectivity index (χ1n) is 11.7. The number of furan rings is 1. The topological polar surface area (TPSA) is 65.7 Å². The van der Waals surface area contributed by atoms with Gasteiger partial charge in [0.05, 0.1) is 19.6 Å². The molecule has 1 aromatic rings. The number of hydrogen-bond donors (Lipinski definition) is 0. The molecular weight excluding hydrogens is 392 g/mol. The Hall–Kier alpha value is -2.04. The minimum atomic E-state index is -0.477. The van der Waals surface area contributed by atoms with Crippen LogP contribution in [-0.4, -0.2) is 25.7 Å². The van der Waals surface area contributed by atoms with Crippen LogP contribution in [0.4, 0.5) is 0 Å². The lowest BCUT2D eigenvalue weighted by Gasteiger charge is -2.58. The van der Waals surface area contributed by atoms with E-state index in [-0.39, 0.29) is 35.8 Å². The van der Waals surface area contributed by atoms with E-state index in [1.807, 2.05) is 32.3 Å². The van der Waals surface area contributed by atoms with Crippen LogP contribution in [0.5, 0.6) is 0 Å². The van der Waals surface area contributed by atoms with Crippen LogP contribution in [0.25, 0.3) is 0 Å². The van der Waals surface area contributed by atoms with Crippen LogP contribution in [-0.2, 0) is 25.5 Å². The van der Waals surface area contributed by atoms with E-state index in [0.29, 0.717) is 17.9 Å². The third-order valence-corrected chi connectivity index (χ3v) is 7.96. The van der Waals surface area contributed by atoms with E-state index in [1.54, 1.807) is 6.26 Å².